The normalized spacial score (nSPS) is 31.2. The largest absolute Gasteiger partial charge is 0.504 e. The van der Waals surface area contributed by atoms with Gasteiger partial charge in [-0.25, -0.2) is 9.59 Å². The molecule has 2 heterocycles. The second kappa shape index (κ2) is 13.1. The lowest BCUT2D eigenvalue weighted by atomic mass is 9.99. The third kappa shape index (κ3) is 6.50. The Balaban J connectivity index is 1.36. The first kappa shape index (κ1) is 31.2. The Morgan fingerprint density at radius 3 is 2.17 bits per heavy atom. The lowest BCUT2D eigenvalue weighted by molar-refractivity contribution is -0.307. The zero-order chi connectivity index (χ0) is 30.7. The summed E-state index contributed by atoms with van der Waals surface area (Å²) in [7, 11) is 1.16. The molecule has 16 heteroatoms. The molecule has 2 aromatic rings. The summed E-state index contributed by atoms with van der Waals surface area (Å²) in [5.74, 6) is -4.32. The van der Waals surface area contributed by atoms with Gasteiger partial charge in [0.15, 0.2) is 29.6 Å². The predicted octanol–water partition coefficient (Wildman–Crippen LogP) is -1.90. The Kier molecular flexibility index (Phi) is 9.70. The number of aliphatic hydroxyl groups excluding tert-OH is 5. The highest BCUT2D eigenvalue weighted by Gasteiger charge is 2.47. The van der Waals surface area contributed by atoms with Crippen molar-refractivity contribution in [3.05, 3.63) is 47.5 Å². The maximum absolute atomic E-state index is 12.4. The van der Waals surface area contributed by atoms with Crippen molar-refractivity contribution in [2.75, 3.05) is 20.3 Å². The number of para-hydroxylation sites is 1. The summed E-state index contributed by atoms with van der Waals surface area (Å²) in [5.41, 5.74) is -0.357. The van der Waals surface area contributed by atoms with Crippen molar-refractivity contribution in [2.45, 2.75) is 55.3 Å². The molecule has 0 spiro atoms. The van der Waals surface area contributed by atoms with Gasteiger partial charge < -0.3 is 69.3 Å². The van der Waals surface area contributed by atoms with Crippen LogP contribution in [0, 0.1) is 0 Å². The molecule has 0 radical (unpaired) electrons. The molecule has 0 aromatic heterocycles. The van der Waals surface area contributed by atoms with Crippen molar-refractivity contribution in [2.24, 2.45) is 0 Å². The summed E-state index contributed by atoms with van der Waals surface area (Å²) in [6.45, 7) is -1.02. The number of aliphatic hydroxyl groups is 5. The van der Waals surface area contributed by atoms with E-state index in [1.54, 1.807) is 12.1 Å². The van der Waals surface area contributed by atoms with Gasteiger partial charge in [-0.3, -0.25) is 0 Å². The number of carbonyl (C=O) groups is 2. The van der Waals surface area contributed by atoms with Gasteiger partial charge >= 0.3 is 11.9 Å². The summed E-state index contributed by atoms with van der Waals surface area (Å²) < 4.78 is 31.7. The molecule has 2 aliphatic heterocycles. The molecular weight excluding hydrogens is 568 g/mol. The van der Waals surface area contributed by atoms with Crippen LogP contribution in [0.4, 0.5) is 0 Å². The van der Waals surface area contributed by atoms with Crippen LogP contribution in [0.3, 0.4) is 0 Å². The van der Waals surface area contributed by atoms with Crippen LogP contribution >= 0.6 is 0 Å². The van der Waals surface area contributed by atoms with Crippen molar-refractivity contribution >= 4 is 11.9 Å². The highest BCUT2D eigenvalue weighted by Crippen LogP contribution is 2.36. The van der Waals surface area contributed by atoms with E-state index in [4.69, 9.17) is 28.4 Å². The molecular formula is C26H30O16. The summed E-state index contributed by atoms with van der Waals surface area (Å²) in [4.78, 5) is 24.4. The summed E-state index contributed by atoms with van der Waals surface area (Å²) in [5, 5.41) is 80.7. The number of phenols is 3. The Hall–Kier alpha value is -3.74. The van der Waals surface area contributed by atoms with Crippen LogP contribution < -0.4 is 4.74 Å². The average molecular weight is 599 g/mol. The first-order chi connectivity index (χ1) is 19.9. The number of benzene rings is 2. The summed E-state index contributed by atoms with van der Waals surface area (Å²) in [6.07, 6.45) is -14.6. The Bertz CT molecular complexity index is 1250. The van der Waals surface area contributed by atoms with Crippen molar-refractivity contribution in [3.8, 4) is 23.0 Å². The van der Waals surface area contributed by atoms with E-state index in [1.165, 1.54) is 12.1 Å². The SMILES string of the molecule is COC(=O)c1ccccc1OC1OC(COC2OCC(OC(=O)c3cc(O)c(O)c(O)c3)C(O)C2O)C(O)C(O)C1O. The Morgan fingerprint density at radius 1 is 0.857 bits per heavy atom. The fourth-order valence-electron chi connectivity index (χ4n) is 4.26. The molecule has 4 rings (SSSR count). The fraction of sp³-hybridized carbons (Fsp3) is 0.462. The molecule has 2 fully saturated rings. The van der Waals surface area contributed by atoms with Crippen molar-refractivity contribution < 1.29 is 78.9 Å². The number of methoxy groups -OCH3 is 1. The molecule has 0 bridgehead atoms. The second-order valence-corrected chi connectivity index (χ2v) is 9.44. The lowest BCUT2D eigenvalue weighted by Gasteiger charge is -2.41. The molecule has 0 amide bonds. The molecule has 0 saturated carbocycles. The minimum Gasteiger partial charge on any atom is -0.504 e. The summed E-state index contributed by atoms with van der Waals surface area (Å²) in [6, 6.07) is 7.53. The molecule has 16 nitrogen and oxygen atoms in total. The van der Waals surface area contributed by atoms with Gasteiger partial charge in [-0.1, -0.05) is 12.1 Å². The van der Waals surface area contributed by atoms with E-state index in [1.807, 2.05) is 0 Å². The molecule has 8 N–H and O–H groups in total. The number of ether oxygens (including phenoxy) is 6. The number of carbonyl (C=O) groups excluding carboxylic acids is 2. The number of aromatic hydroxyl groups is 3. The highest BCUT2D eigenvalue weighted by atomic mass is 16.7. The van der Waals surface area contributed by atoms with Gasteiger partial charge in [0.05, 0.1) is 25.9 Å². The van der Waals surface area contributed by atoms with Gasteiger partial charge in [0.1, 0.15) is 47.9 Å². The van der Waals surface area contributed by atoms with E-state index < -0.39 is 97.7 Å². The molecule has 2 saturated heterocycles. The smallest absolute Gasteiger partial charge is 0.341 e. The standard InChI is InChI=1S/C26H30O16/c1-37-24(36)11-4-2-3-5-14(11)41-26-22(34)20(32)18(30)16(42-26)9-39-25-21(33)19(31)15(8-38-25)40-23(35)10-6-12(27)17(29)13(28)7-10/h2-7,15-16,18-22,25-34H,8-9H2,1H3. The number of rotatable bonds is 8. The van der Waals surface area contributed by atoms with Crippen LogP contribution in [0.5, 0.6) is 23.0 Å². The quantitative estimate of drug-likeness (QED) is 0.122. The van der Waals surface area contributed by atoms with Crippen LogP contribution in [0.1, 0.15) is 20.7 Å². The molecule has 2 aromatic carbocycles. The molecule has 230 valence electrons. The van der Waals surface area contributed by atoms with Gasteiger partial charge in [-0.2, -0.15) is 0 Å². The minimum atomic E-state index is -1.78. The van der Waals surface area contributed by atoms with Gasteiger partial charge in [0.25, 0.3) is 0 Å². The Morgan fingerprint density at radius 2 is 1.50 bits per heavy atom. The first-order valence-corrected chi connectivity index (χ1v) is 12.5. The van der Waals surface area contributed by atoms with Crippen molar-refractivity contribution in [1.82, 2.24) is 0 Å². The van der Waals surface area contributed by atoms with Crippen LogP contribution in [-0.4, -0.2) is 128 Å². The molecule has 9 atom stereocenters. The van der Waals surface area contributed by atoms with Gasteiger partial charge in [0, 0.05) is 0 Å². The number of esters is 2. The third-order valence-corrected chi connectivity index (χ3v) is 6.63. The molecule has 9 unspecified atom stereocenters. The second-order valence-electron chi connectivity index (χ2n) is 9.44. The maximum atomic E-state index is 12.4. The van der Waals surface area contributed by atoms with Gasteiger partial charge in [-0.05, 0) is 24.3 Å². The number of hydrogen-bond acceptors (Lipinski definition) is 16. The maximum Gasteiger partial charge on any atom is 0.341 e. The lowest BCUT2D eigenvalue weighted by Crippen LogP contribution is -2.61. The predicted molar refractivity (Wildman–Crippen MR) is 133 cm³/mol. The van der Waals surface area contributed by atoms with Crippen molar-refractivity contribution in [3.63, 3.8) is 0 Å². The van der Waals surface area contributed by atoms with Gasteiger partial charge in [-0.15, -0.1) is 0 Å². The topological polar surface area (TPSA) is 251 Å². The van der Waals surface area contributed by atoms with Crippen LogP contribution in [0.2, 0.25) is 0 Å². The van der Waals surface area contributed by atoms with E-state index in [0.29, 0.717) is 0 Å². The van der Waals surface area contributed by atoms with E-state index >= 15 is 0 Å². The van der Waals surface area contributed by atoms with Crippen molar-refractivity contribution in [1.29, 1.82) is 0 Å². The zero-order valence-electron chi connectivity index (χ0n) is 21.9. The number of hydrogen-bond donors (Lipinski definition) is 8. The van der Waals surface area contributed by atoms with Crippen LogP contribution in [0.25, 0.3) is 0 Å². The molecule has 0 aliphatic carbocycles. The molecule has 2 aliphatic rings. The zero-order valence-corrected chi connectivity index (χ0v) is 21.9. The third-order valence-electron chi connectivity index (χ3n) is 6.63. The van der Waals surface area contributed by atoms with E-state index in [-0.39, 0.29) is 16.9 Å². The van der Waals surface area contributed by atoms with Crippen LogP contribution in [0.15, 0.2) is 36.4 Å². The minimum absolute atomic E-state index is 0.00574. The average Bonchev–Trinajstić information content (AvgIpc) is 2.98. The monoisotopic (exact) mass is 598 g/mol. The van der Waals surface area contributed by atoms with E-state index in [0.717, 1.165) is 19.2 Å². The number of phenolic OH excluding ortho intramolecular Hbond substituents is 3. The van der Waals surface area contributed by atoms with Gasteiger partial charge in [0.2, 0.25) is 6.29 Å². The summed E-state index contributed by atoms with van der Waals surface area (Å²) >= 11 is 0. The van der Waals surface area contributed by atoms with E-state index in [9.17, 15) is 50.4 Å². The Labute approximate surface area is 237 Å². The fourth-order valence-corrected chi connectivity index (χ4v) is 4.26. The molecule has 42 heavy (non-hydrogen) atoms. The highest BCUT2D eigenvalue weighted by molar-refractivity contribution is 5.92. The van der Waals surface area contributed by atoms with E-state index in [2.05, 4.69) is 0 Å². The first-order valence-electron chi connectivity index (χ1n) is 12.5. The van der Waals surface area contributed by atoms with Crippen LogP contribution in [-0.2, 0) is 23.7 Å².